The highest BCUT2D eigenvalue weighted by atomic mass is 16.2. The van der Waals surface area contributed by atoms with Crippen LogP contribution in [0.4, 0.5) is 27.8 Å². The third-order valence-electron chi connectivity index (χ3n) is 9.15. The van der Waals surface area contributed by atoms with Crippen molar-refractivity contribution in [3.63, 3.8) is 0 Å². The zero-order valence-electron chi connectivity index (χ0n) is 28.4. The van der Waals surface area contributed by atoms with E-state index >= 15 is 0 Å². The van der Waals surface area contributed by atoms with E-state index < -0.39 is 0 Å². The molecule has 12 heteroatoms. The molecular formula is C39H39N9O3. The summed E-state index contributed by atoms with van der Waals surface area (Å²) in [5.74, 6) is 0.0462. The van der Waals surface area contributed by atoms with E-state index in [0.717, 1.165) is 73.0 Å². The lowest BCUT2D eigenvalue weighted by molar-refractivity contribution is -0.120. The van der Waals surface area contributed by atoms with Crippen molar-refractivity contribution in [2.45, 2.75) is 26.4 Å². The van der Waals surface area contributed by atoms with Gasteiger partial charge >= 0.3 is 6.03 Å². The Bertz CT molecular complexity index is 2010. The van der Waals surface area contributed by atoms with Gasteiger partial charge in [-0.1, -0.05) is 30.3 Å². The van der Waals surface area contributed by atoms with Gasteiger partial charge in [-0.15, -0.1) is 0 Å². The third-order valence-corrected chi connectivity index (χ3v) is 9.15. The van der Waals surface area contributed by atoms with Gasteiger partial charge in [-0.25, -0.2) is 14.8 Å². The Morgan fingerprint density at radius 2 is 1.53 bits per heavy atom. The highest BCUT2D eigenvalue weighted by Crippen LogP contribution is 2.25. The summed E-state index contributed by atoms with van der Waals surface area (Å²) in [5.41, 5.74) is 7.86. The van der Waals surface area contributed by atoms with Crippen molar-refractivity contribution in [1.29, 1.82) is 0 Å². The summed E-state index contributed by atoms with van der Waals surface area (Å²) in [7, 11) is 0. The maximum Gasteiger partial charge on any atom is 0.328 e. The molecule has 2 aliphatic heterocycles. The Hall–Kier alpha value is -5.98. The van der Waals surface area contributed by atoms with Crippen LogP contribution in [0.1, 0.15) is 33.5 Å². The molecule has 12 nitrogen and oxygen atoms in total. The summed E-state index contributed by atoms with van der Waals surface area (Å²) in [6, 6.07) is 26.8. The van der Waals surface area contributed by atoms with E-state index in [1.807, 2.05) is 79.7 Å². The van der Waals surface area contributed by atoms with Gasteiger partial charge < -0.3 is 10.6 Å². The number of rotatable bonds is 10. The van der Waals surface area contributed by atoms with Crippen molar-refractivity contribution in [3.8, 4) is 11.3 Å². The maximum atomic E-state index is 13.2. The normalized spacial score (nSPS) is 15.4. The van der Waals surface area contributed by atoms with Gasteiger partial charge in [0.25, 0.3) is 5.91 Å². The van der Waals surface area contributed by atoms with Crippen LogP contribution in [-0.4, -0.2) is 75.3 Å². The number of carbonyl (C=O) groups is 3. The summed E-state index contributed by atoms with van der Waals surface area (Å²) in [6.45, 7) is 7.85. The fraction of sp³-hybridized carbons (Fsp3) is 0.231. The van der Waals surface area contributed by atoms with E-state index in [9.17, 15) is 14.4 Å². The number of anilines is 4. The molecule has 51 heavy (non-hydrogen) atoms. The van der Waals surface area contributed by atoms with Crippen LogP contribution < -0.4 is 20.9 Å². The summed E-state index contributed by atoms with van der Waals surface area (Å²) in [6.07, 6.45) is 5.50. The van der Waals surface area contributed by atoms with Gasteiger partial charge in [0.05, 0.1) is 5.69 Å². The Balaban J connectivity index is 0.884. The highest BCUT2D eigenvalue weighted by Gasteiger charge is 2.24. The van der Waals surface area contributed by atoms with Crippen molar-refractivity contribution in [2.75, 3.05) is 48.3 Å². The van der Waals surface area contributed by atoms with Crippen molar-refractivity contribution in [3.05, 3.63) is 126 Å². The fourth-order valence-electron chi connectivity index (χ4n) is 6.23. The van der Waals surface area contributed by atoms with Crippen LogP contribution in [0.3, 0.4) is 0 Å². The molecule has 0 aliphatic carbocycles. The molecule has 3 aromatic carbocycles. The molecule has 0 bridgehead atoms. The zero-order chi connectivity index (χ0) is 35.2. The molecule has 0 spiro atoms. The predicted octanol–water partition coefficient (Wildman–Crippen LogP) is 5.61. The van der Waals surface area contributed by atoms with Gasteiger partial charge in [0.2, 0.25) is 11.9 Å². The molecule has 0 radical (unpaired) electrons. The Morgan fingerprint density at radius 1 is 0.824 bits per heavy atom. The first-order valence-corrected chi connectivity index (χ1v) is 17.0. The largest absolute Gasteiger partial charge is 0.328 e. The van der Waals surface area contributed by atoms with Crippen LogP contribution >= 0.6 is 0 Å². The minimum Gasteiger partial charge on any atom is -0.324 e. The van der Waals surface area contributed by atoms with Crippen LogP contribution in [0.15, 0.2) is 104 Å². The maximum absolute atomic E-state index is 13.2. The second-order valence-electron chi connectivity index (χ2n) is 12.8. The number of aromatic nitrogens is 3. The summed E-state index contributed by atoms with van der Waals surface area (Å²) in [4.78, 5) is 56.4. The number of urea groups is 1. The first-order valence-electron chi connectivity index (χ1n) is 17.0. The second kappa shape index (κ2) is 15.3. The van der Waals surface area contributed by atoms with Gasteiger partial charge in [0.15, 0.2) is 0 Å². The predicted molar refractivity (Wildman–Crippen MR) is 197 cm³/mol. The van der Waals surface area contributed by atoms with Crippen molar-refractivity contribution in [1.82, 2.24) is 30.1 Å². The number of pyridine rings is 1. The van der Waals surface area contributed by atoms with Crippen LogP contribution in [0.5, 0.6) is 0 Å². The van der Waals surface area contributed by atoms with E-state index in [1.165, 1.54) is 5.56 Å². The molecule has 5 aromatic rings. The number of amides is 4. The number of piperazine rings is 1. The molecule has 0 saturated carbocycles. The van der Waals surface area contributed by atoms with Gasteiger partial charge in [-0.2, -0.15) is 0 Å². The van der Waals surface area contributed by atoms with Gasteiger partial charge in [-0.05, 0) is 78.2 Å². The summed E-state index contributed by atoms with van der Waals surface area (Å²) in [5, 5.41) is 8.68. The Morgan fingerprint density at radius 3 is 2.20 bits per heavy atom. The van der Waals surface area contributed by atoms with E-state index in [4.69, 9.17) is 0 Å². The van der Waals surface area contributed by atoms with Crippen LogP contribution in [0.25, 0.3) is 11.3 Å². The number of nitrogens with zero attached hydrogens (tertiary/aromatic N) is 6. The molecule has 258 valence electrons. The molecule has 0 unspecified atom stereocenters. The number of carbonyl (C=O) groups excluding carboxylic acids is 3. The second-order valence-corrected chi connectivity index (χ2v) is 12.8. The topological polar surface area (TPSA) is 136 Å². The highest BCUT2D eigenvalue weighted by molar-refractivity contribution is 6.05. The summed E-state index contributed by atoms with van der Waals surface area (Å²) >= 11 is 0. The zero-order valence-corrected chi connectivity index (χ0v) is 28.4. The first kappa shape index (κ1) is 33.5. The van der Waals surface area contributed by atoms with E-state index in [2.05, 4.69) is 52.8 Å². The van der Waals surface area contributed by atoms with Gasteiger partial charge in [0.1, 0.15) is 0 Å². The van der Waals surface area contributed by atoms with E-state index in [1.54, 1.807) is 23.5 Å². The molecule has 0 atom stereocenters. The molecule has 2 aliphatic rings. The number of hydrogen-bond acceptors (Lipinski definition) is 9. The lowest BCUT2D eigenvalue weighted by Gasteiger charge is -2.35. The third kappa shape index (κ3) is 8.43. The minimum absolute atomic E-state index is 0.179. The lowest BCUT2D eigenvalue weighted by Crippen LogP contribution is -2.49. The average Bonchev–Trinajstić information content (AvgIpc) is 3.15. The number of imide groups is 1. The van der Waals surface area contributed by atoms with E-state index in [-0.39, 0.29) is 17.8 Å². The summed E-state index contributed by atoms with van der Waals surface area (Å²) < 4.78 is 0. The van der Waals surface area contributed by atoms with Crippen molar-refractivity contribution < 1.29 is 14.4 Å². The number of nitrogens with one attached hydrogen (secondary N) is 3. The minimum atomic E-state index is -0.366. The molecule has 4 heterocycles. The first-order chi connectivity index (χ1) is 24.9. The van der Waals surface area contributed by atoms with E-state index in [0.29, 0.717) is 30.2 Å². The Kier molecular flexibility index (Phi) is 10.0. The standard InChI is InChI=1S/C39H39N9O3/c1-27-4-11-32(23-35(27)44-38-41-17-14-34(43-38)31-3-2-16-40-24-31)42-37(50)30-9-5-28(6-10-30)25-46-19-21-47(22-20-46)26-29-7-12-33(13-8-29)48-18-15-36(49)45-39(48)51/h2-14,16-17,23-24H,15,18-22,25-26H2,1H3,(H,42,50)(H,41,43,44)(H,45,49,51). The molecular weight excluding hydrogens is 642 g/mol. The van der Waals surface area contributed by atoms with Gasteiger partial charge in [0, 0.05) is 99.0 Å². The monoisotopic (exact) mass is 681 g/mol. The van der Waals surface area contributed by atoms with Gasteiger partial charge in [-0.3, -0.25) is 34.6 Å². The molecule has 2 saturated heterocycles. The molecule has 2 aromatic heterocycles. The quantitative estimate of drug-likeness (QED) is 0.172. The molecule has 7 rings (SSSR count). The molecule has 4 amide bonds. The SMILES string of the molecule is Cc1ccc(NC(=O)c2ccc(CN3CCN(Cc4ccc(N5CCC(=O)NC5=O)cc4)CC3)cc2)cc1Nc1nccc(-c2cccnc2)n1. The van der Waals surface area contributed by atoms with Crippen molar-refractivity contribution in [2.24, 2.45) is 0 Å². The molecule has 3 N–H and O–H groups in total. The van der Waals surface area contributed by atoms with Crippen molar-refractivity contribution >= 4 is 40.9 Å². The van der Waals surface area contributed by atoms with Crippen LogP contribution in [0.2, 0.25) is 0 Å². The van der Waals surface area contributed by atoms with Crippen LogP contribution in [-0.2, 0) is 17.9 Å². The Labute approximate surface area is 296 Å². The molecule has 2 fully saturated rings. The number of hydrogen-bond donors (Lipinski definition) is 3. The fourth-order valence-corrected chi connectivity index (χ4v) is 6.23. The number of aryl methyl sites for hydroxylation is 1. The average molecular weight is 682 g/mol. The smallest absolute Gasteiger partial charge is 0.324 e. The lowest BCUT2D eigenvalue weighted by atomic mass is 10.1. The number of benzene rings is 3. The van der Waals surface area contributed by atoms with Crippen LogP contribution in [0, 0.1) is 6.92 Å².